The first-order valence-corrected chi connectivity index (χ1v) is 9.26. The quantitative estimate of drug-likeness (QED) is 0.389. The molecular formula is C17H30IN7O. The van der Waals surface area contributed by atoms with Gasteiger partial charge in [0.25, 0.3) is 0 Å². The Balaban J connectivity index is 0.00000243. The summed E-state index contributed by atoms with van der Waals surface area (Å²) in [5.74, 6) is 2.19. The Bertz CT molecular complexity index is 612. The zero-order valence-corrected chi connectivity index (χ0v) is 18.0. The van der Waals surface area contributed by atoms with Crippen molar-refractivity contribution >= 4 is 35.8 Å². The second kappa shape index (κ2) is 10.1. The third-order valence-electron chi connectivity index (χ3n) is 5.24. The van der Waals surface area contributed by atoms with Crippen LogP contribution < -0.4 is 10.6 Å². The topological polar surface area (TPSA) is 87.4 Å². The van der Waals surface area contributed by atoms with Gasteiger partial charge in [-0.1, -0.05) is 19.3 Å². The third kappa shape index (κ3) is 5.31. The molecule has 1 aliphatic carbocycles. The fourth-order valence-corrected chi connectivity index (χ4v) is 3.70. The third-order valence-corrected chi connectivity index (χ3v) is 5.24. The van der Waals surface area contributed by atoms with Gasteiger partial charge < -0.3 is 20.1 Å². The van der Waals surface area contributed by atoms with Crippen molar-refractivity contribution in [3.63, 3.8) is 0 Å². The Morgan fingerprint density at radius 2 is 2.08 bits per heavy atom. The second-order valence-corrected chi connectivity index (χ2v) is 7.03. The molecule has 0 radical (unpaired) electrons. The summed E-state index contributed by atoms with van der Waals surface area (Å²) < 4.78 is 1.88. The van der Waals surface area contributed by atoms with E-state index in [0.29, 0.717) is 12.5 Å². The van der Waals surface area contributed by atoms with E-state index >= 15 is 0 Å². The first kappa shape index (κ1) is 20.9. The normalized spacial score (nSPS) is 21.4. The van der Waals surface area contributed by atoms with E-state index in [0.717, 1.165) is 44.1 Å². The van der Waals surface area contributed by atoms with E-state index in [1.54, 1.807) is 13.4 Å². The summed E-state index contributed by atoms with van der Waals surface area (Å²) in [5, 5.41) is 14.6. The Kier molecular flexibility index (Phi) is 8.11. The average molecular weight is 475 g/mol. The number of hydrogen-bond donors (Lipinski definition) is 2. The molecule has 9 heteroatoms. The summed E-state index contributed by atoms with van der Waals surface area (Å²) in [6.45, 7) is 2.17. The molecule has 0 aromatic carbocycles. The zero-order valence-electron chi connectivity index (χ0n) is 15.6. The van der Waals surface area contributed by atoms with Crippen LogP contribution in [0, 0.1) is 5.92 Å². The molecule has 8 nitrogen and oxygen atoms in total. The number of amides is 1. The van der Waals surface area contributed by atoms with Crippen molar-refractivity contribution in [2.75, 3.05) is 20.1 Å². The fourth-order valence-electron chi connectivity index (χ4n) is 3.70. The lowest BCUT2D eigenvalue weighted by atomic mass is 9.88. The molecular weight excluding hydrogens is 445 g/mol. The summed E-state index contributed by atoms with van der Waals surface area (Å²) in [5.41, 5.74) is 0. The smallest absolute Gasteiger partial charge is 0.225 e. The van der Waals surface area contributed by atoms with Gasteiger partial charge in [0.1, 0.15) is 6.33 Å². The van der Waals surface area contributed by atoms with Crippen LogP contribution in [-0.4, -0.2) is 57.7 Å². The van der Waals surface area contributed by atoms with Crippen LogP contribution >= 0.6 is 24.0 Å². The van der Waals surface area contributed by atoms with Crippen LogP contribution in [-0.2, 0) is 18.4 Å². The number of likely N-dealkylation sites (tertiary alicyclic amines) is 1. The molecule has 2 aliphatic rings. The highest BCUT2D eigenvalue weighted by Crippen LogP contribution is 2.26. The molecule has 146 valence electrons. The summed E-state index contributed by atoms with van der Waals surface area (Å²) >= 11 is 0. The fraction of sp³-hybridized carbons (Fsp3) is 0.765. The van der Waals surface area contributed by atoms with Crippen LogP contribution in [0.1, 0.15) is 44.3 Å². The zero-order chi connectivity index (χ0) is 17.6. The predicted molar refractivity (Wildman–Crippen MR) is 111 cm³/mol. The number of carbonyl (C=O) groups excluding carboxylic acids is 1. The summed E-state index contributed by atoms with van der Waals surface area (Å²) in [7, 11) is 3.67. The van der Waals surface area contributed by atoms with E-state index < -0.39 is 0 Å². The molecule has 1 aromatic heterocycles. The van der Waals surface area contributed by atoms with Crippen molar-refractivity contribution in [3.05, 3.63) is 12.2 Å². The molecule has 2 heterocycles. The molecule has 1 unspecified atom stereocenters. The second-order valence-electron chi connectivity index (χ2n) is 7.03. The molecule has 2 N–H and O–H groups in total. The van der Waals surface area contributed by atoms with Gasteiger partial charge in [0.2, 0.25) is 5.91 Å². The highest BCUT2D eigenvalue weighted by molar-refractivity contribution is 14.0. The number of aromatic nitrogens is 3. The van der Waals surface area contributed by atoms with E-state index in [-0.39, 0.29) is 35.9 Å². The van der Waals surface area contributed by atoms with E-state index in [9.17, 15) is 4.79 Å². The van der Waals surface area contributed by atoms with Gasteiger partial charge in [-0.05, 0) is 19.3 Å². The lowest BCUT2D eigenvalue weighted by molar-refractivity contribution is -0.135. The lowest BCUT2D eigenvalue weighted by Gasteiger charge is -2.26. The standard InChI is InChI=1S/C17H29N7O.HI/c1-18-17(19-10-15-22-20-12-23(15)2)21-14-8-9-24(11-14)16(25)13-6-4-3-5-7-13;/h12-14H,3-11H2,1-2H3,(H2,18,19,21);1H. The molecule has 26 heavy (non-hydrogen) atoms. The van der Waals surface area contributed by atoms with Gasteiger partial charge in [-0.2, -0.15) is 0 Å². The Hall–Kier alpha value is -1.39. The maximum absolute atomic E-state index is 12.7. The molecule has 1 saturated carbocycles. The molecule has 1 amide bonds. The maximum atomic E-state index is 12.7. The van der Waals surface area contributed by atoms with Crippen LogP contribution in [0.15, 0.2) is 11.3 Å². The number of aliphatic imine (C=N–C) groups is 1. The molecule has 3 rings (SSSR count). The van der Waals surface area contributed by atoms with Crippen LogP contribution in [0.5, 0.6) is 0 Å². The number of nitrogens with zero attached hydrogens (tertiary/aromatic N) is 5. The molecule has 2 fully saturated rings. The molecule has 1 saturated heterocycles. The van der Waals surface area contributed by atoms with Gasteiger partial charge in [-0.3, -0.25) is 9.79 Å². The van der Waals surface area contributed by atoms with Crippen LogP contribution in [0.2, 0.25) is 0 Å². The summed E-state index contributed by atoms with van der Waals surface area (Å²) in [4.78, 5) is 19.0. The van der Waals surface area contributed by atoms with Crippen molar-refractivity contribution in [1.29, 1.82) is 0 Å². The van der Waals surface area contributed by atoms with E-state index in [2.05, 4.69) is 25.8 Å². The van der Waals surface area contributed by atoms with Gasteiger partial charge in [-0.15, -0.1) is 34.2 Å². The first-order chi connectivity index (χ1) is 12.2. The number of aryl methyl sites for hydroxylation is 1. The number of carbonyl (C=O) groups is 1. The Labute approximate surface area is 172 Å². The minimum absolute atomic E-state index is 0. The molecule has 0 spiro atoms. The lowest BCUT2D eigenvalue weighted by Crippen LogP contribution is -2.45. The van der Waals surface area contributed by atoms with Crippen molar-refractivity contribution in [3.8, 4) is 0 Å². The maximum Gasteiger partial charge on any atom is 0.225 e. The Morgan fingerprint density at radius 1 is 1.31 bits per heavy atom. The van der Waals surface area contributed by atoms with Crippen LogP contribution in [0.25, 0.3) is 0 Å². The molecule has 0 bridgehead atoms. The molecule has 1 atom stereocenters. The van der Waals surface area contributed by atoms with E-state index in [1.807, 2.05) is 16.5 Å². The number of hydrogen-bond acceptors (Lipinski definition) is 4. The van der Waals surface area contributed by atoms with Gasteiger partial charge in [0, 0.05) is 39.1 Å². The summed E-state index contributed by atoms with van der Waals surface area (Å²) in [6.07, 6.45) is 8.45. The predicted octanol–water partition coefficient (Wildman–Crippen LogP) is 1.28. The number of guanidine groups is 1. The monoisotopic (exact) mass is 475 g/mol. The SMILES string of the molecule is CN=C(NCc1nncn1C)NC1CCN(C(=O)C2CCCCC2)C1.I. The highest BCUT2D eigenvalue weighted by atomic mass is 127. The van der Waals surface area contributed by atoms with E-state index in [1.165, 1.54) is 19.3 Å². The van der Waals surface area contributed by atoms with Crippen molar-refractivity contribution in [2.24, 2.45) is 18.0 Å². The van der Waals surface area contributed by atoms with Gasteiger partial charge >= 0.3 is 0 Å². The minimum atomic E-state index is 0. The average Bonchev–Trinajstić information content (AvgIpc) is 3.27. The van der Waals surface area contributed by atoms with Gasteiger partial charge in [0.15, 0.2) is 11.8 Å². The molecule has 1 aromatic rings. The van der Waals surface area contributed by atoms with Crippen molar-refractivity contribution in [1.82, 2.24) is 30.3 Å². The van der Waals surface area contributed by atoms with Crippen LogP contribution in [0.4, 0.5) is 0 Å². The highest BCUT2D eigenvalue weighted by Gasteiger charge is 2.31. The number of halogens is 1. The largest absolute Gasteiger partial charge is 0.352 e. The molecule has 1 aliphatic heterocycles. The van der Waals surface area contributed by atoms with E-state index in [4.69, 9.17) is 0 Å². The number of rotatable bonds is 4. The number of nitrogens with one attached hydrogen (secondary N) is 2. The van der Waals surface area contributed by atoms with Crippen molar-refractivity contribution in [2.45, 2.75) is 51.1 Å². The van der Waals surface area contributed by atoms with Gasteiger partial charge in [0.05, 0.1) is 6.54 Å². The van der Waals surface area contributed by atoms with Gasteiger partial charge in [-0.25, -0.2) is 0 Å². The first-order valence-electron chi connectivity index (χ1n) is 9.26. The summed E-state index contributed by atoms with van der Waals surface area (Å²) in [6, 6.07) is 0.248. The minimum Gasteiger partial charge on any atom is -0.352 e. The van der Waals surface area contributed by atoms with Crippen LogP contribution in [0.3, 0.4) is 0 Å². The van der Waals surface area contributed by atoms with Crippen molar-refractivity contribution < 1.29 is 4.79 Å². The Morgan fingerprint density at radius 3 is 2.73 bits per heavy atom.